The molecule has 1 heterocycles. The summed E-state index contributed by atoms with van der Waals surface area (Å²) in [6.45, 7) is 1.94. The Morgan fingerprint density at radius 2 is 2.00 bits per heavy atom. The van der Waals surface area contributed by atoms with E-state index in [4.69, 9.17) is 5.73 Å². The van der Waals surface area contributed by atoms with Crippen molar-refractivity contribution >= 4 is 0 Å². The minimum atomic E-state index is 0.411. The first-order chi connectivity index (χ1) is 6.75. The Morgan fingerprint density at radius 1 is 1.29 bits per heavy atom. The first-order valence-corrected chi connectivity index (χ1v) is 5.31. The van der Waals surface area contributed by atoms with E-state index >= 15 is 0 Å². The van der Waals surface area contributed by atoms with Crippen LogP contribution in [0, 0.1) is 6.92 Å². The summed E-state index contributed by atoms with van der Waals surface area (Å²) in [5.74, 6) is 1.48. The average Bonchev–Trinajstić information content (AvgIpc) is 2.19. The van der Waals surface area contributed by atoms with Crippen molar-refractivity contribution in [2.45, 2.75) is 44.6 Å². The molecule has 2 N–H and O–H groups in total. The molecule has 1 aliphatic rings. The summed E-state index contributed by atoms with van der Waals surface area (Å²) in [6.07, 6.45) is 6.48. The number of hydrogen-bond acceptors (Lipinski definition) is 3. The van der Waals surface area contributed by atoms with Gasteiger partial charge in [0, 0.05) is 23.9 Å². The van der Waals surface area contributed by atoms with Crippen molar-refractivity contribution in [3.63, 3.8) is 0 Å². The maximum absolute atomic E-state index is 5.87. The lowest BCUT2D eigenvalue weighted by Crippen LogP contribution is -2.26. The molecule has 0 aromatic carbocycles. The molecule has 0 saturated heterocycles. The van der Waals surface area contributed by atoms with Gasteiger partial charge in [-0.25, -0.2) is 9.97 Å². The van der Waals surface area contributed by atoms with Crippen molar-refractivity contribution in [2.24, 2.45) is 5.73 Å². The van der Waals surface area contributed by atoms with E-state index in [1.165, 1.54) is 18.5 Å². The van der Waals surface area contributed by atoms with Crippen molar-refractivity contribution in [2.75, 3.05) is 0 Å². The van der Waals surface area contributed by atoms with Crippen molar-refractivity contribution in [3.8, 4) is 0 Å². The SMILES string of the molecule is Cc1nccc(C2CCC(N)CC2)n1. The maximum Gasteiger partial charge on any atom is 0.125 e. The summed E-state index contributed by atoms with van der Waals surface area (Å²) < 4.78 is 0. The van der Waals surface area contributed by atoms with Crippen LogP contribution in [0.1, 0.15) is 43.1 Å². The molecule has 1 aliphatic carbocycles. The summed E-state index contributed by atoms with van der Waals surface area (Å²) >= 11 is 0. The van der Waals surface area contributed by atoms with Crippen LogP contribution in [0.3, 0.4) is 0 Å². The zero-order valence-electron chi connectivity index (χ0n) is 8.61. The van der Waals surface area contributed by atoms with E-state index in [0.717, 1.165) is 18.7 Å². The molecule has 0 radical (unpaired) electrons. The van der Waals surface area contributed by atoms with Gasteiger partial charge in [0.05, 0.1) is 0 Å². The van der Waals surface area contributed by atoms with Crippen LogP contribution in [0.15, 0.2) is 12.3 Å². The lowest BCUT2D eigenvalue weighted by Gasteiger charge is -2.25. The molecular formula is C11H17N3. The zero-order chi connectivity index (χ0) is 9.97. The Bertz CT molecular complexity index is 303. The molecule has 1 saturated carbocycles. The third kappa shape index (κ3) is 2.10. The fourth-order valence-corrected chi connectivity index (χ4v) is 2.12. The van der Waals surface area contributed by atoms with E-state index < -0.39 is 0 Å². The lowest BCUT2D eigenvalue weighted by molar-refractivity contribution is 0.390. The highest BCUT2D eigenvalue weighted by Crippen LogP contribution is 2.30. The van der Waals surface area contributed by atoms with Crippen molar-refractivity contribution < 1.29 is 0 Å². The van der Waals surface area contributed by atoms with Gasteiger partial charge in [-0.15, -0.1) is 0 Å². The second-order valence-corrected chi connectivity index (χ2v) is 4.14. The van der Waals surface area contributed by atoms with E-state index in [2.05, 4.69) is 9.97 Å². The van der Waals surface area contributed by atoms with E-state index in [-0.39, 0.29) is 0 Å². The van der Waals surface area contributed by atoms with Crippen molar-refractivity contribution in [1.29, 1.82) is 0 Å². The largest absolute Gasteiger partial charge is 0.328 e. The lowest BCUT2D eigenvalue weighted by atomic mass is 9.84. The summed E-state index contributed by atoms with van der Waals surface area (Å²) in [5.41, 5.74) is 7.07. The first-order valence-electron chi connectivity index (χ1n) is 5.31. The molecule has 1 fully saturated rings. The first kappa shape index (κ1) is 9.59. The van der Waals surface area contributed by atoms with E-state index in [0.29, 0.717) is 12.0 Å². The Balaban J connectivity index is 2.08. The van der Waals surface area contributed by atoms with Crippen LogP contribution in [-0.2, 0) is 0 Å². The topological polar surface area (TPSA) is 51.8 Å². The van der Waals surface area contributed by atoms with Gasteiger partial charge in [0.1, 0.15) is 5.82 Å². The second-order valence-electron chi connectivity index (χ2n) is 4.14. The standard InChI is InChI=1S/C11H17N3/c1-8-13-7-6-11(14-8)9-2-4-10(12)5-3-9/h6-7,9-10H,2-5,12H2,1H3. The zero-order valence-corrected chi connectivity index (χ0v) is 8.61. The van der Waals surface area contributed by atoms with Crippen LogP contribution in [0.25, 0.3) is 0 Å². The molecule has 0 aliphatic heterocycles. The predicted molar refractivity (Wildman–Crippen MR) is 56.0 cm³/mol. The molecule has 1 aromatic rings. The van der Waals surface area contributed by atoms with Gasteiger partial charge in [-0.3, -0.25) is 0 Å². The molecule has 1 aromatic heterocycles. The Kier molecular flexibility index (Phi) is 2.77. The highest BCUT2D eigenvalue weighted by atomic mass is 14.9. The van der Waals surface area contributed by atoms with Gasteiger partial charge in [0.25, 0.3) is 0 Å². The van der Waals surface area contributed by atoms with Crippen LogP contribution in [0.2, 0.25) is 0 Å². The van der Waals surface area contributed by atoms with Gasteiger partial charge < -0.3 is 5.73 Å². The molecule has 2 rings (SSSR count). The highest BCUT2D eigenvalue weighted by molar-refractivity contribution is 5.09. The minimum Gasteiger partial charge on any atom is -0.328 e. The molecule has 0 unspecified atom stereocenters. The molecule has 0 bridgehead atoms. The van der Waals surface area contributed by atoms with Crippen LogP contribution in [0.4, 0.5) is 0 Å². The van der Waals surface area contributed by atoms with Gasteiger partial charge in [-0.05, 0) is 38.7 Å². The fourth-order valence-electron chi connectivity index (χ4n) is 2.12. The quantitative estimate of drug-likeness (QED) is 0.736. The molecule has 14 heavy (non-hydrogen) atoms. The molecule has 0 amide bonds. The van der Waals surface area contributed by atoms with E-state index in [9.17, 15) is 0 Å². The van der Waals surface area contributed by atoms with Gasteiger partial charge in [-0.1, -0.05) is 0 Å². The second kappa shape index (κ2) is 4.05. The fraction of sp³-hybridized carbons (Fsp3) is 0.636. The number of aryl methyl sites for hydroxylation is 1. The average molecular weight is 191 g/mol. The van der Waals surface area contributed by atoms with Crippen molar-refractivity contribution in [3.05, 3.63) is 23.8 Å². The maximum atomic E-state index is 5.87. The van der Waals surface area contributed by atoms with Gasteiger partial charge >= 0.3 is 0 Å². The number of hydrogen-bond donors (Lipinski definition) is 1. The third-order valence-corrected chi connectivity index (χ3v) is 2.99. The smallest absolute Gasteiger partial charge is 0.125 e. The molecular weight excluding hydrogens is 174 g/mol. The van der Waals surface area contributed by atoms with Crippen LogP contribution < -0.4 is 5.73 Å². The Labute approximate surface area is 84.8 Å². The molecule has 0 spiro atoms. The predicted octanol–water partition coefficient (Wildman–Crippen LogP) is 1.77. The van der Waals surface area contributed by atoms with E-state index in [1.54, 1.807) is 0 Å². The summed E-state index contributed by atoms with van der Waals surface area (Å²) in [7, 11) is 0. The summed E-state index contributed by atoms with van der Waals surface area (Å²) in [6, 6.07) is 2.45. The number of nitrogens with zero attached hydrogens (tertiary/aromatic N) is 2. The van der Waals surface area contributed by atoms with Crippen LogP contribution in [0.5, 0.6) is 0 Å². The molecule has 3 nitrogen and oxygen atoms in total. The van der Waals surface area contributed by atoms with E-state index in [1.807, 2.05) is 19.2 Å². The van der Waals surface area contributed by atoms with Crippen LogP contribution in [-0.4, -0.2) is 16.0 Å². The molecule has 0 atom stereocenters. The Morgan fingerprint density at radius 3 is 2.64 bits per heavy atom. The number of aromatic nitrogens is 2. The number of rotatable bonds is 1. The van der Waals surface area contributed by atoms with Crippen molar-refractivity contribution in [1.82, 2.24) is 9.97 Å². The Hall–Kier alpha value is -0.960. The third-order valence-electron chi connectivity index (χ3n) is 2.99. The van der Waals surface area contributed by atoms with Gasteiger partial charge in [0.2, 0.25) is 0 Å². The summed E-state index contributed by atoms with van der Waals surface area (Å²) in [4.78, 5) is 8.58. The van der Waals surface area contributed by atoms with Gasteiger partial charge in [0.15, 0.2) is 0 Å². The van der Waals surface area contributed by atoms with Crippen LogP contribution >= 0.6 is 0 Å². The highest BCUT2D eigenvalue weighted by Gasteiger charge is 2.20. The number of nitrogens with two attached hydrogens (primary N) is 1. The summed E-state index contributed by atoms with van der Waals surface area (Å²) in [5, 5.41) is 0. The monoisotopic (exact) mass is 191 g/mol. The normalized spacial score (nSPS) is 27.6. The molecule has 76 valence electrons. The molecule has 3 heteroatoms. The minimum absolute atomic E-state index is 0.411. The van der Waals surface area contributed by atoms with Gasteiger partial charge in [-0.2, -0.15) is 0 Å².